The molecule has 0 bridgehead atoms. The van der Waals surface area contributed by atoms with Crippen LogP contribution in [0.4, 0.5) is 5.69 Å². The van der Waals surface area contributed by atoms with Crippen molar-refractivity contribution in [3.8, 4) is 5.75 Å². The number of carbonyl (C=O) groups is 2. The van der Waals surface area contributed by atoms with Crippen LogP contribution in [0, 0.1) is 10.1 Å². The Morgan fingerprint density at radius 1 is 1.12 bits per heavy atom. The number of ether oxygens (including phenoxy) is 2. The molecule has 0 fully saturated rings. The SMILES string of the molecule is COC(=O)/C(=C/c1ccccc1[N+](=O)[O-])COc1ccccc1C=O. The standard InChI is InChI=1S/C18H15NO6/c1-24-18(21)15(10-13-6-2-4-8-16(13)19(22)23)12-25-17-9-5-3-7-14(17)11-20/h2-11H,12H2,1H3/b15-10+. The van der Waals surface area contributed by atoms with Gasteiger partial charge in [0.15, 0.2) is 6.29 Å². The van der Waals surface area contributed by atoms with Gasteiger partial charge in [0.05, 0.1) is 28.7 Å². The Morgan fingerprint density at radius 3 is 2.40 bits per heavy atom. The third-order valence-corrected chi connectivity index (χ3v) is 3.34. The summed E-state index contributed by atoms with van der Waals surface area (Å²) in [7, 11) is 1.20. The monoisotopic (exact) mass is 341 g/mol. The Bertz CT molecular complexity index is 828. The lowest BCUT2D eigenvalue weighted by Gasteiger charge is -2.10. The van der Waals surface area contributed by atoms with Crippen LogP contribution in [0.5, 0.6) is 5.75 Å². The molecule has 0 amide bonds. The lowest BCUT2D eigenvalue weighted by atomic mass is 10.1. The van der Waals surface area contributed by atoms with E-state index in [0.29, 0.717) is 17.6 Å². The fraction of sp³-hybridized carbons (Fsp3) is 0.111. The molecule has 2 rings (SSSR count). The van der Waals surface area contributed by atoms with Gasteiger partial charge in [0, 0.05) is 6.07 Å². The molecule has 2 aromatic carbocycles. The number of para-hydroxylation sites is 2. The van der Waals surface area contributed by atoms with E-state index in [1.165, 1.54) is 31.4 Å². The second-order valence-corrected chi connectivity index (χ2v) is 4.92. The lowest BCUT2D eigenvalue weighted by Crippen LogP contribution is -2.13. The summed E-state index contributed by atoms with van der Waals surface area (Å²) in [6, 6.07) is 12.5. The Kier molecular flexibility index (Phi) is 6.00. The van der Waals surface area contributed by atoms with Crippen LogP contribution in [-0.2, 0) is 9.53 Å². The highest BCUT2D eigenvalue weighted by Crippen LogP contribution is 2.22. The topological polar surface area (TPSA) is 95.7 Å². The maximum absolute atomic E-state index is 12.0. The van der Waals surface area contributed by atoms with Crippen molar-refractivity contribution in [2.45, 2.75) is 0 Å². The van der Waals surface area contributed by atoms with E-state index in [9.17, 15) is 19.7 Å². The summed E-state index contributed by atoms with van der Waals surface area (Å²) in [6.45, 7) is -0.205. The number of nitrogens with zero attached hydrogens (tertiary/aromatic N) is 1. The quantitative estimate of drug-likeness (QED) is 0.252. The highest BCUT2D eigenvalue weighted by Gasteiger charge is 2.16. The van der Waals surface area contributed by atoms with Crippen LogP contribution in [0.3, 0.4) is 0 Å². The second kappa shape index (κ2) is 8.39. The minimum absolute atomic E-state index is 0.0810. The van der Waals surface area contributed by atoms with Crippen molar-refractivity contribution in [3.05, 3.63) is 75.3 Å². The van der Waals surface area contributed by atoms with Crippen LogP contribution in [0.25, 0.3) is 6.08 Å². The van der Waals surface area contributed by atoms with Gasteiger partial charge in [-0.2, -0.15) is 0 Å². The van der Waals surface area contributed by atoms with Gasteiger partial charge < -0.3 is 9.47 Å². The van der Waals surface area contributed by atoms with Crippen molar-refractivity contribution in [2.75, 3.05) is 13.7 Å². The largest absolute Gasteiger partial charge is 0.488 e. The van der Waals surface area contributed by atoms with Crippen molar-refractivity contribution >= 4 is 24.0 Å². The lowest BCUT2D eigenvalue weighted by molar-refractivity contribution is -0.385. The third-order valence-electron chi connectivity index (χ3n) is 3.34. The summed E-state index contributed by atoms with van der Waals surface area (Å²) in [4.78, 5) is 33.5. The zero-order chi connectivity index (χ0) is 18.2. The molecule has 0 spiro atoms. The van der Waals surface area contributed by atoms with Crippen LogP contribution >= 0.6 is 0 Å². The highest BCUT2D eigenvalue weighted by atomic mass is 16.6. The average Bonchev–Trinajstić information content (AvgIpc) is 2.64. The molecule has 7 nitrogen and oxygen atoms in total. The molecule has 7 heteroatoms. The number of nitro benzene ring substituents is 1. The Morgan fingerprint density at radius 2 is 1.76 bits per heavy atom. The first-order valence-electron chi connectivity index (χ1n) is 7.26. The van der Waals surface area contributed by atoms with E-state index in [1.807, 2.05) is 0 Å². The summed E-state index contributed by atoms with van der Waals surface area (Å²) < 4.78 is 10.2. The molecule has 2 aromatic rings. The molecule has 0 N–H and O–H groups in total. The zero-order valence-electron chi connectivity index (χ0n) is 13.4. The van der Waals surface area contributed by atoms with Gasteiger partial charge in [0.1, 0.15) is 12.4 Å². The van der Waals surface area contributed by atoms with E-state index in [4.69, 9.17) is 9.47 Å². The molecule has 0 saturated heterocycles. The van der Waals surface area contributed by atoms with Crippen LogP contribution in [0.1, 0.15) is 15.9 Å². The molecule has 128 valence electrons. The van der Waals surface area contributed by atoms with E-state index >= 15 is 0 Å². The molecule has 0 radical (unpaired) electrons. The number of benzene rings is 2. The summed E-state index contributed by atoms with van der Waals surface area (Å²) >= 11 is 0. The molecule has 0 aromatic heterocycles. The number of nitro groups is 1. The first-order valence-corrected chi connectivity index (χ1v) is 7.26. The molecule has 0 unspecified atom stereocenters. The van der Waals surface area contributed by atoms with Crippen molar-refractivity contribution in [3.63, 3.8) is 0 Å². The Hall–Kier alpha value is -3.48. The van der Waals surface area contributed by atoms with Crippen LogP contribution < -0.4 is 4.74 Å². The molecule has 0 aliphatic carbocycles. The average molecular weight is 341 g/mol. The number of aldehydes is 1. The van der Waals surface area contributed by atoms with Crippen LogP contribution in [0.15, 0.2) is 54.1 Å². The summed E-state index contributed by atoms with van der Waals surface area (Å²) in [6.07, 6.45) is 1.98. The van der Waals surface area contributed by atoms with Gasteiger partial charge >= 0.3 is 5.97 Å². The second-order valence-electron chi connectivity index (χ2n) is 4.92. The molecule has 0 saturated carbocycles. The van der Waals surface area contributed by atoms with E-state index < -0.39 is 10.9 Å². The first-order chi connectivity index (χ1) is 12.1. The van der Waals surface area contributed by atoms with Crippen LogP contribution in [0.2, 0.25) is 0 Å². The van der Waals surface area contributed by atoms with Crippen molar-refractivity contribution in [1.82, 2.24) is 0 Å². The van der Waals surface area contributed by atoms with Gasteiger partial charge in [0.2, 0.25) is 0 Å². The summed E-state index contributed by atoms with van der Waals surface area (Å²) in [5.74, 6) is -0.378. The molecular weight excluding hydrogens is 326 g/mol. The summed E-state index contributed by atoms with van der Waals surface area (Å²) in [5.41, 5.74) is 0.521. The van der Waals surface area contributed by atoms with Gasteiger partial charge in [-0.1, -0.05) is 24.3 Å². The minimum atomic E-state index is -0.679. The van der Waals surface area contributed by atoms with Crippen molar-refractivity contribution < 1.29 is 24.0 Å². The van der Waals surface area contributed by atoms with E-state index in [2.05, 4.69) is 0 Å². The Labute approximate surface area is 143 Å². The number of methoxy groups -OCH3 is 1. The molecule has 0 atom stereocenters. The fourth-order valence-corrected chi connectivity index (χ4v) is 2.12. The number of hydrogen-bond donors (Lipinski definition) is 0. The number of hydrogen-bond acceptors (Lipinski definition) is 6. The molecule has 0 heterocycles. The van der Waals surface area contributed by atoms with Gasteiger partial charge in [-0.05, 0) is 24.3 Å². The zero-order valence-corrected chi connectivity index (χ0v) is 13.4. The van der Waals surface area contributed by atoms with Gasteiger partial charge in [-0.25, -0.2) is 4.79 Å². The van der Waals surface area contributed by atoms with Gasteiger partial charge in [0.25, 0.3) is 5.69 Å². The third kappa shape index (κ3) is 4.51. The number of rotatable bonds is 7. The summed E-state index contributed by atoms with van der Waals surface area (Å²) in [5, 5.41) is 11.1. The maximum atomic E-state index is 12.0. The molecule has 0 aliphatic heterocycles. The smallest absolute Gasteiger partial charge is 0.337 e. The van der Waals surface area contributed by atoms with Gasteiger partial charge in [-0.3, -0.25) is 14.9 Å². The fourth-order valence-electron chi connectivity index (χ4n) is 2.12. The first kappa shape index (κ1) is 17.9. The maximum Gasteiger partial charge on any atom is 0.337 e. The molecular formula is C18H15NO6. The molecule has 0 aliphatic rings. The van der Waals surface area contributed by atoms with E-state index in [-0.39, 0.29) is 23.4 Å². The van der Waals surface area contributed by atoms with Crippen LogP contribution in [-0.4, -0.2) is 30.9 Å². The van der Waals surface area contributed by atoms with Gasteiger partial charge in [-0.15, -0.1) is 0 Å². The number of esters is 1. The number of carbonyl (C=O) groups excluding carboxylic acids is 2. The van der Waals surface area contributed by atoms with E-state index in [1.54, 1.807) is 30.3 Å². The van der Waals surface area contributed by atoms with E-state index in [0.717, 1.165) is 0 Å². The predicted molar refractivity (Wildman–Crippen MR) is 90.4 cm³/mol. The Balaban J connectivity index is 2.33. The van der Waals surface area contributed by atoms with Crippen molar-refractivity contribution in [1.29, 1.82) is 0 Å². The predicted octanol–water partition coefficient (Wildman–Crippen LogP) is 3.04. The molecule has 25 heavy (non-hydrogen) atoms. The van der Waals surface area contributed by atoms with Crippen molar-refractivity contribution in [2.24, 2.45) is 0 Å². The normalized spacial score (nSPS) is 10.8. The highest BCUT2D eigenvalue weighted by molar-refractivity contribution is 5.94. The minimum Gasteiger partial charge on any atom is -0.488 e.